The minimum Gasteiger partial charge on any atom is -0.463 e. The fraction of sp³-hybridized carbons (Fsp3) is 0.243. The molecule has 0 N–H and O–H groups in total. The fourth-order valence-corrected chi connectivity index (χ4v) is 7.71. The second-order valence-corrected chi connectivity index (χ2v) is 12.9. The largest absolute Gasteiger partial charge is 0.463 e. The number of likely N-dealkylation sites (tertiary alicyclic amines) is 1. The zero-order valence-electron chi connectivity index (χ0n) is 26.3. The number of carbonyl (C=O) groups is 2. The molecule has 5 heterocycles. The van der Waals surface area contributed by atoms with Crippen LogP contribution in [0, 0.1) is 0 Å². The number of ether oxygens (including phenoxy) is 3. The van der Waals surface area contributed by atoms with Crippen molar-refractivity contribution in [1.29, 1.82) is 0 Å². The molecule has 11 heteroatoms. The number of esters is 1. The summed E-state index contributed by atoms with van der Waals surface area (Å²) in [5.41, 5.74) is 3.54. The van der Waals surface area contributed by atoms with E-state index in [1.54, 1.807) is 17.6 Å². The van der Waals surface area contributed by atoms with Crippen molar-refractivity contribution >= 4 is 45.9 Å². The molecule has 0 radical (unpaired) electrons. The van der Waals surface area contributed by atoms with Gasteiger partial charge < -0.3 is 23.7 Å². The summed E-state index contributed by atoms with van der Waals surface area (Å²) in [5, 5.41) is 0.932. The van der Waals surface area contributed by atoms with Gasteiger partial charge >= 0.3 is 5.97 Å². The molecule has 0 aliphatic carbocycles. The van der Waals surface area contributed by atoms with Crippen LogP contribution in [0.3, 0.4) is 0 Å². The molecule has 0 saturated carbocycles. The number of hydrogen-bond acceptors (Lipinski definition) is 8. The van der Waals surface area contributed by atoms with E-state index in [0.717, 1.165) is 48.0 Å². The van der Waals surface area contributed by atoms with E-state index in [4.69, 9.17) is 19.2 Å². The third kappa shape index (κ3) is 5.20. The maximum absolute atomic E-state index is 14.5. The lowest BCUT2D eigenvalue weighted by atomic mass is 9.93. The monoisotopic (exact) mass is 660 g/mol. The van der Waals surface area contributed by atoms with Crippen LogP contribution >= 0.6 is 11.3 Å². The van der Waals surface area contributed by atoms with Crippen LogP contribution in [0.15, 0.2) is 94.4 Å². The Morgan fingerprint density at radius 3 is 2.58 bits per heavy atom. The molecule has 10 nitrogen and oxygen atoms in total. The SMILES string of the molecule is CCOC(=O)C1=C(c2ccccc2)N=c2s/c(=C/c3cn(CC(=O)N4CCCC4)c4ccccc34)c(=O)n2[C@@H]1c1ccc2c(c1)OCO2. The van der Waals surface area contributed by atoms with Gasteiger partial charge in [0.15, 0.2) is 16.3 Å². The summed E-state index contributed by atoms with van der Waals surface area (Å²) in [5.74, 6) is 0.661. The van der Waals surface area contributed by atoms with Gasteiger partial charge in [0.2, 0.25) is 12.7 Å². The topological polar surface area (TPSA) is 104 Å². The van der Waals surface area contributed by atoms with E-state index in [0.29, 0.717) is 32.1 Å². The van der Waals surface area contributed by atoms with Crippen molar-refractivity contribution in [3.63, 3.8) is 0 Å². The summed E-state index contributed by atoms with van der Waals surface area (Å²) in [6.45, 7) is 3.80. The van der Waals surface area contributed by atoms with Gasteiger partial charge in [-0.05, 0) is 49.6 Å². The predicted molar refractivity (Wildman–Crippen MR) is 181 cm³/mol. The normalized spacial score (nSPS) is 17.1. The standard InChI is InChI=1S/C37H32N4O6S/c1-2-45-36(44)32-33(23-10-4-3-5-11-23)38-37-41(34(32)24-14-15-28-29(18-24)47-22-46-28)35(43)30(48-37)19-25-20-40(27-13-7-6-12-26(25)27)21-31(42)39-16-8-9-17-39/h3-7,10-15,18-20,34H,2,8-9,16-17,21-22H2,1H3/b30-19+/t34-/m1/s1. The van der Waals surface area contributed by atoms with Gasteiger partial charge in [0.05, 0.1) is 28.5 Å². The van der Waals surface area contributed by atoms with Gasteiger partial charge in [-0.25, -0.2) is 9.79 Å². The quantitative estimate of drug-likeness (QED) is 0.242. The Hall–Kier alpha value is -5.42. The van der Waals surface area contributed by atoms with Crippen molar-refractivity contribution in [2.45, 2.75) is 32.4 Å². The molecule has 1 saturated heterocycles. The smallest absolute Gasteiger partial charge is 0.338 e. The van der Waals surface area contributed by atoms with Crippen LogP contribution < -0.4 is 24.4 Å². The van der Waals surface area contributed by atoms with E-state index in [-0.39, 0.29) is 37.0 Å². The minimum atomic E-state index is -0.841. The lowest BCUT2D eigenvalue weighted by Gasteiger charge is -2.26. The third-order valence-corrected chi connectivity index (χ3v) is 9.94. The minimum absolute atomic E-state index is 0.0860. The van der Waals surface area contributed by atoms with Crippen LogP contribution in [0.25, 0.3) is 22.7 Å². The highest BCUT2D eigenvalue weighted by atomic mass is 32.1. The second-order valence-electron chi connectivity index (χ2n) is 11.9. The maximum Gasteiger partial charge on any atom is 0.338 e. The van der Waals surface area contributed by atoms with Gasteiger partial charge in [-0.2, -0.15) is 0 Å². The molecule has 2 aromatic heterocycles. The molecule has 5 aromatic rings. The molecule has 8 rings (SSSR count). The zero-order chi connectivity index (χ0) is 32.8. The Kier molecular flexibility index (Phi) is 7.68. The summed E-state index contributed by atoms with van der Waals surface area (Å²) in [4.78, 5) is 48.7. The summed E-state index contributed by atoms with van der Waals surface area (Å²) >= 11 is 1.26. The number of nitrogens with zero attached hydrogens (tertiary/aromatic N) is 4. The Labute approximate surface area is 279 Å². The van der Waals surface area contributed by atoms with E-state index in [1.165, 1.54) is 11.3 Å². The Balaban J connectivity index is 1.32. The molecule has 1 fully saturated rings. The molecular formula is C37H32N4O6S. The summed E-state index contributed by atoms with van der Waals surface area (Å²) < 4.78 is 20.8. The highest BCUT2D eigenvalue weighted by Crippen LogP contribution is 2.40. The van der Waals surface area contributed by atoms with Crippen LogP contribution in [-0.4, -0.2) is 52.4 Å². The number of rotatable bonds is 7. The van der Waals surface area contributed by atoms with Gasteiger partial charge in [-0.3, -0.25) is 14.2 Å². The number of benzene rings is 3. The molecule has 242 valence electrons. The fourth-order valence-electron chi connectivity index (χ4n) is 6.71. The van der Waals surface area contributed by atoms with Crippen molar-refractivity contribution < 1.29 is 23.8 Å². The first kappa shape index (κ1) is 29.9. The molecule has 1 atom stereocenters. The summed E-state index contributed by atoms with van der Waals surface area (Å²) in [6.07, 6.45) is 5.85. The van der Waals surface area contributed by atoms with Crippen molar-refractivity contribution in [3.8, 4) is 11.5 Å². The first-order chi connectivity index (χ1) is 23.5. The molecule has 0 unspecified atom stereocenters. The molecule has 3 aromatic carbocycles. The van der Waals surface area contributed by atoms with Crippen molar-refractivity contribution in [2.75, 3.05) is 26.5 Å². The van der Waals surface area contributed by atoms with Crippen LogP contribution in [0.4, 0.5) is 0 Å². The van der Waals surface area contributed by atoms with Gasteiger partial charge in [0, 0.05) is 41.3 Å². The average Bonchev–Trinajstić information content (AvgIpc) is 3.92. The summed E-state index contributed by atoms with van der Waals surface area (Å²) in [6, 6.07) is 21.9. The van der Waals surface area contributed by atoms with Gasteiger partial charge in [0.25, 0.3) is 5.56 Å². The van der Waals surface area contributed by atoms with Gasteiger partial charge in [-0.1, -0.05) is 65.9 Å². The van der Waals surface area contributed by atoms with E-state index >= 15 is 0 Å². The number of para-hydroxylation sites is 1. The lowest BCUT2D eigenvalue weighted by molar-refractivity contribution is -0.139. The van der Waals surface area contributed by atoms with Gasteiger partial charge in [-0.15, -0.1) is 0 Å². The Morgan fingerprint density at radius 2 is 1.77 bits per heavy atom. The molecule has 0 spiro atoms. The van der Waals surface area contributed by atoms with Crippen molar-refractivity contribution in [1.82, 2.24) is 14.0 Å². The molecular weight excluding hydrogens is 628 g/mol. The highest BCUT2D eigenvalue weighted by molar-refractivity contribution is 7.07. The van der Waals surface area contributed by atoms with E-state index < -0.39 is 12.0 Å². The second kappa shape index (κ2) is 12.3. The third-order valence-electron chi connectivity index (χ3n) is 8.96. The number of thiazole rings is 1. The van der Waals surface area contributed by atoms with E-state index in [9.17, 15) is 14.4 Å². The van der Waals surface area contributed by atoms with Crippen LogP contribution in [0.2, 0.25) is 0 Å². The Morgan fingerprint density at radius 1 is 1.00 bits per heavy atom. The predicted octanol–water partition coefficient (Wildman–Crippen LogP) is 4.24. The lowest BCUT2D eigenvalue weighted by Crippen LogP contribution is -2.40. The molecule has 3 aliphatic rings. The number of carbonyl (C=O) groups excluding carboxylic acids is 2. The van der Waals surface area contributed by atoms with Crippen molar-refractivity contribution in [3.05, 3.63) is 121 Å². The average molecular weight is 661 g/mol. The van der Waals surface area contributed by atoms with Gasteiger partial charge in [0.1, 0.15) is 6.54 Å². The van der Waals surface area contributed by atoms with Crippen LogP contribution in [0.5, 0.6) is 11.5 Å². The summed E-state index contributed by atoms with van der Waals surface area (Å²) in [7, 11) is 0. The number of fused-ring (bicyclic) bond motifs is 3. The van der Waals surface area contributed by atoms with Crippen LogP contribution in [0.1, 0.15) is 42.5 Å². The number of hydrogen-bond donors (Lipinski definition) is 0. The maximum atomic E-state index is 14.5. The number of aromatic nitrogens is 2. The van der Waals surface area contributed by atoms with E-state index in [1.807, 2.05) is 88.5 Å². The Bertz CT molecular complexity index is 2300. The zero-order valence-corrected chi connectivity index (χ0v) is 27.1. The van der Waals surface area contributed by atoms with Crippen molar-refractivity contribution in [2.24, 2.45) is 4.99 Å². The van der Waals surface area contributed by atoms with Crippen LogP contribution in [-0.2, 0) is 20.9 Å². The molecule has 48 heavy (non-hydrogen) atoms. The highest BCUT2D eigenvalue weighted by Gasteiger charge is 2.36. The molecule has 0 bridgehead atoms. The van der Waals surface area contributed by atoms with E-state index in [2.05, 4.69) is 0 Å². The first-order valence-electron chi connectivity index (χ1n) is 16.0. The first-order valence-corrected chi connectivity index (χ1v) is 16.9. The molecule has 3 aliphatic heterocycles. The molecule has 1 amide bonds. The number of amides is 1.